The van der Waals surface area contributed by atoms with E-state index in [1.807, 2.05) is 24.3 Å². The normalized spacial score (nSPS) is 18.2. The van der Waals surface area contributed by atoms with Gasteiger partial charge in [-0.15, -0.1) is 0 Å². The van der Waals surface area contributed by atoms with Gasteiger partial charge in [0, 0.05) is 63.5 Å². The summed E-state index contributed by atoms with van der Waals surface area (Å²) in [6.45, 7) is 2.40. The fourth-order valence-electron chi connectivity index (χ4n) is 7.22. The third-order valence-electron chi connectivity index (χ3n) is 10.3. The number of benzene rings is 2. The molecule has 7 N–H and O–H groups in total. The fraction of sp³-hybridized carbons (Fsp3) is 0.568. The van der Waals surface area contributed by atoms with Gasteiger partial charge in [0.25, 0.3) is 5.91 Å². The second-order valence-electron chi connectivity index (χ2n) is 14.0. The van der Waals surface area contributed by atoms with Crippen molar-refractivity contribution in [2.45, 2.75) is 75.4 Å². The highest BCUT2D eigenvalue weighted by Gasteiger charge is 2.38. The number of rotatable bonds is 13. The number of hydrogen-bond donors (Lipinski definition) is 5. The summed E-state index contributed by atoms with van der Waals surface area (Å²) >= 11 is 6.10. The molecule has 2 aromatic carbocycles. The molecular weight excluding hydrogens is 745 g/mol. The smallest absolute Gasteiger partial charge is 0.418 e. The van der Waals surface area contributed by atoms with Crippen LogP contribution in [0.4, 0.5) is 34.1 Å². The topological polar surface area (TPSA) is 185 Å². The molecule has 2 fully saturated rings. The Bertz CT molecular complexity index is 1670. The SMILES string of the molecule is CNCCCOC(=O)[C@H](CN)NC1CCN(C(=O)[C@@H](Cc2cc(Cl)c(N)c(C(F)(F)F)c2)OC(=O)N2CCC(N3CCc4ccccc4NC3=O)CC2)CC1. The maximum atomic E-state index is 14.0. The van der Waals surface area contributed by atoms with Crippen LogP contribution in [-0.4, -0.2) is 122 Å². The third-order valence-corrected chi connectivity index (χ3v) is 10.6. The zero-order valence-corrected chi connectivity index (χ0v) is 31.6. The van der Waals surface area contributed by atoms with Crippen LogP contribution >= 0.6 is 11.6 Å². The van der Waals surface area contributed by atoms with Crippen molar-refractivity contribution in [2.75, 3.05) is 70.5 Å². The van der Waals surface area contributed by atoms with Crippen LogP contribution in [0.5, 0.6) is 0 Å². The molecule has 5 rings (SSSR count). The number of nitrogens with zero attached hydrogens (tertiary/aromatic N) is 3. The molecule has 14 nitrogen and oxygen atoms in total. The lowest BCUT2D eigenvalue weighted by atomic mass is 10.00. The van der Waals surface area contributed by atoms with Crippen molar-refractivity contribution in [1.29, 1.82) is 0 Å². The molecule has 4 amide bonds. The molecule has 0 bridgehead atoms. The summed E-state index contributed by atoms with van der Waals surface area (Å²) in [4.78, 5) is 58.0. The second-order valence-corrected chi connectivity index (χ2v) is 14.4. The van der Waals surface area contributed by atoms with E-state index in [1.54, 1.807) is 11.9 Å². The van der Waals surface area contributed by atoms with Crippen LogP contribution in [0.1, 0.15) is 48.8 Å². The molecule has 55 heavy (non-hydrogen) atoms. The van der Waals surface area contributed by atoms with Gasteiger partial charge in [-0.2, -0.15) is 13.2 Å². The molecular formula is C37H50ClF3N8O6. The lowest BCUT2D eigenvalue weighted by Gasteiger charge is -2.38. The van der Waals surface area contributed by atoms with Crippen molar-refractivity contribution in [3.05, 3.63) is 58.1 Å². The largest absolute Gasteiger partial charge is 0.464 e. The van der Waals surface area contributed by atoms with Crippen LogP contribution in [0.2, 0.25) is 5.02 Å². The van der Waals surface area contributed by atoms with Gasteiger partial charge in [0.15, 0.2) is 6.10 Å². The summed E-state index contributed by atoms with van der Waals surface area (Å²) in [5, 5.41) is 8.82. The van der Waals surface area contributed by atoms with Crippen LogP contribution in [-0.2, 0) is 38.1 Å². The first kappa shape index (κ1) is 41.8. The highest BCUT2D eigenvalue weighted by atomic mass is 35.5. The van der Waals surface area contributed by atoms with Crippen molar-refractivity contribution in [3.63, 3.8) is 0 Å². The molecule has 0 unspecified atom stereocenters. The Balaban J connectivity index is 1.23. The van der Waals surface area contributed by atoms with E-state index in [0.29, 0.717) is 51.6 Å². The van der Waals surface area contributed by atoms with Gasteiger partial charge in [-0.05, 0) is 81.4 Å². The van der Waals surface area contributed by atoms with Gasteiger partial charge in [-0.1, -0.05) is 29.8 Å². The van der Waals surface area contributed by atoms with E-state index in [4.69, 9.17) is 32.5 Å². The minimum Gasteiger partial charge on any atom is -0.464 e. The summed E-state index contributed by atoms with van der Waals surface area (Å²) in [6.07, 6.45) is -4.34. The summed E-state index contributed by atoms with van der Waals surface area (Å²) in [5.74, 6) is -1.04. The Labute approximate surface area is 323 Å². The quantitative estimate of drug-likeness (QED) is 0.114. The zero-order chi connectivity index (χ0) is 39.7. The molecule has 3 aliphatic heterocycles. The number of carbonyl (C=O) groups is 4. The Morgan fingerprint density at radius 2 is 1.73 bits per heavy atom. The van der Waals surface area contributed by atoms with E-state index in [0.717, 1.165) is 17.3 Å². The molecule has 0 saturated carbocycles. The molecule has 0 aliphatic carbocycles. The number of para-hydroxylation sites is 1. The predicted octanol–water partition coefficient (Wildman–Crippen LogP) is 3.60. The van der Waals surface area contributed by atoms with Crippen molar-refractivity contribution >= 4 is 47.0 Å². The van der Waals surface area contributed by atoms with Crippen LogP contribution in [0.25, 0.3) is 0 Å². The summed E-state index contributed by atoms with van der Waals surface area (Å²) in [7, 11) is 1.80. The number of fused-ring (bicyclic) bond motifs is 1. The molecule has 0 radical (unpaired) electrons. The maximum absolute atomic E-state index is 14.0. The van der Waals surface area contributed by atoms with Crippen molar-refractivity contribution < 1.29 is 41.8 Å². The van der Waals surface area contributed by atoms with Gasteiger partial charge in [0.1, 0.15) is 6.04 Å². The minimum absolute atomic E-state index is 0.0140. The lowest BCUT2D eigenvalue weighted by Crippen LogP contribution is -2.54. The minimum atomic E-state index is -4.81. The molecule has 2 atom stereocenters. The van der Waals surface area contributed by atoms with Crippen LogP contribution in [0.3, 0.4) is 0 Å². The van der Waals surface area contributed by atoms with Gasteiger partial charge in [0.05, 0.1) is 22.9 Å². The Hall–Kier alpha value is -4.32. The molecule has 0 spiro atoms. The number of halogens is 4. The molecule has 2 saturated heterocycles. The standard InChI is InChI=1S/C37H50ClF3N8O6/c1-44-12-4-18-54-34(51)30(22-42)45-25-8-13-47(14-9-25)33(50)31(21-23-19-27(37(39,40)41)32(43)28(38)20-23)55-36(53)48-15-10-26(11-16-48)49-17-7-24-5-2-3-6-29(24)46-35(49)52/h2-3,5-6,19-20,25-26,30-31,44-45H,4,7-18,21-22,42-43H2,1H3,(H,46,52)/t30-,31+/m0/s1. The van der Waals surface area contributed by atoms with E-state index in [9.17, 15) is 32.3 Å². The summed E-state index contributed by atoms with van der Waals surface area (Å²) < 4.78 is 52.7. The number of anilines is 2. The van der Waals surface area contributed by atoms with Crippen LogP contribution < -0.4 is 27.4 Å². The number of esters is 1. The summed E-state index contributed by atoms with van der Waals surface area (Å²) in [5.41, 5.74) is 11.5. The first-order chi connectivity index (χ1) is 26.3. The molecule has 18 heteroatoms. The molecule has 302 valence electrons. The van der Waals surface area contributed by atoms with Gasteiger partial charge in [-0.3, -0.25) is 9.59 Å². The average molecular weight is 795 g/mol. The Morgan fingerprint density at radius 3 is 2.40 bits per heavy atom. The number of alkyl halides is 3. The number of urea groups is 1. The molecule has 2 aromatic rings. The first-order valence-electron chi connectivity index (χ1n) is 18.6. The number of nitrogens with two attached hydrogens (primary N) is 2. The van der Waals surface area contributed by atoms with E-state index < -0.39 is 47.5 Å². The number of piperidine rings is 2. The van der Waals surface area contributed by atoms with Gasteiger partial charge in [-0.25, -0.2) is 9.59 Å². The Kier molecular flexibility index (Phi) is 14.5. The predicted molar refractivity (Wildman–Crippen MR) is 200 cm³/mol. The van der Waals surface area contributed by atoms with Crippen LogP contribution in [0, 0.1) is 0 Å². The fourth-order valence-corrected chi connectivity index (χ4v) is 7.47. The number of ether oxygens (including phenoxy) is 2. The van der Waals surface area contributed by atoms with Crippen molar-refractivity contribution in [1.82, 2.24) is 25.3 Å². The van der Waals surface area contributed by atoms with E-state index in [1.165, 1.54) is 15.9 Å². The van der Waals surface area contributed by atoms with E-state index >= 15 is 0 Å². The summed E-state index contributed by atoms with van der Waals surface area (Å²) in [6, 6.07) is 8.41. The number of nitrogen functional groups attached to an aromatic ring is 1. The molecule has 3 aliphatic rings. The maximum Gasteiger partial charge on any atom is 0.418 e. The van der Waals surface area contributed by atoms with Gasteiger partial charge < -0.3 is 51.6 Å². The van der Waals surface area contributed by atoms with Gasteiger partial charge >= 0.3 is 24.3 Å². The second kappa shape index (κ2) is 19.0. The highest BCUT2D eigenvalue weighted by Crippen LogP contribution is 2.38. The number of amides is 4. The number of nitrogens with one attached hydrogen (secondary N) is 3. The van der Waals surface area contributed by atoms with E-state index in [-0.39, 0.29) is 74.5 Å². The average Bonchev–Trinajstić information content (AvgIpc) is 3.34. The van der Waals surface area contributed by atoms with Crippen molar-refractivity contribution in [3.8, 4) is 0 Å². The van der Waals surface area contributed by atoms with Crippen molar-refractivity contribution in [2.24, 2.45) is 5.73 Å². The zero-order valence-electron chi connectivity index (χ0n) is 30.8. The number of likely N-dealkylation sites (tertiary alicyclic amines) is 2. The third kappa shape index (κ3) is 10.9. The Morgan fingerprint density at radius 1 is 1.04 bits per heavy atom. The monoisotopic (exact) mass is 794 g/mol. The molecule has 3 heterocycles. The molecule has 0 aromatic heterocycles. The number of hydrogen-bond acceptors (Lipinski definition) is 10. The highest BCUT2D eigenvalue weighted by molar-refractivity contribution is 6.33. The lowest BCUT2D eigenvalue weighted by molar-refractivity contribution is -0.147. The van der Waals surface area contributed by atoms with E-state index in [2.05, 4.69) is 16.0 Å². The number of carbonyl (C=O) groups excluding carboxylic acids is 4. The van der Waals surface area contributed by atoms with Gasteiger partial charge in [0.2, 0.25) is 0 Å². The van der Waals surface area contributed by atoms with Crippen LogP contribution in [0.15, 0.2) is 36.4 Å². The first-order valence-corrected chi connectivity index (χ1v) is 19.0.